The average Bonchev–Trinajstić information content (AvgIpc) is 2.76. The molecule has 0 radical (unpaired) electrons. The van der Waals surface area contributed by atoms with Gasteiger partial charge in [0.25, 0.3) is 5.91 Å². The highest BCUT2D eigenvalue weighted by Gasteiger charge is 2.15. The van der Waals surface area contributed by atoms with Gasteiger partial charge in [0.15, 0.2) is 18.1 Å². The fourth-order valence-corrected chi connectivity index (χ4v) is 4.07. The van der Waals surface area contributed by atoms with Crippen LogP contribution in [0.2, 0.25) is 0 Å². The molecule has 2 aromatic rings. The van der Waals surface area contributed by atoms with Gasteiger partial charge in [0, 0.05) is 13.1 Å². The number of benzene rings is 2. The van der Waals surface area contributed by atoms with Crippen LogP contribution in [0.1, 0.15) is 24.5 Å². The molecule has 0 bridgehead atoms. The first-order valence-electron chi connectivity index (χ1n) is 10.0. The summed E-state index contributed by atoms with van der Waals surface area (Å²) in [5.74, 6) is 1.49. The molecule has 0 aliphatic rings. The van der Waals surface area contributed by atoms with Crippen molar-refractivity contribution in [2.24, 2.45) is 0 Å². The van der Waals surface area contributed by atoms with E-state index in [1.54, 1.807) is 27.2 Å². The van der Waals surface area contributed by atoms with Gasteiger partial charge in [-0.3, -0.25) is 4.79 Å². The lowest BCUT2D eigenvalue weighted by Crippen LogP contribution is -2.30. The van der Waals surface area contributed by atoms with Crippen molar-refractivity contribution in [3.8, 4) is 17.2 Å². The Balaban J connectivity index is 1.85. The Bertz CT molecular complexity index is 991. The molecule has 2 aromatic carbocycles. The zero-order chi connectivity index (χ0) is 22.9. The lowest BCUT2D eigenvalue weighted by atomic mass is 10.1. The van der Waals surface area contributed by atoms with E-state index >= 15 is 0 Å². The monoisotopic (exact) mass is 450 g/mol. The Labute approximate surface area is 184 Å². The predicted molar refractivity (Wildman–Crippen MR) is 118 cm³/mol. The molecule has 170 valence electrons. The van der Waals surface area contributed by atoms with Gasteiger partial charge < -0.3 is 19.5 Å². The highest BCUT2D eigenvalue weighted by molar-refractivity contribution is 7.89. The Kier molecular flexibility index (Phi) is 9.14. The predicted octanol–water partition coefficient (Wildman–Crippen LogP) is 2.44. The molecule has 1 amide bonds. The molecule has 0 atom stereocenters. The summed E-state index contributed by atoms with van der Waals surface area (Å²) in [6, 6.07) is 10.2. The average molecular weight is 451 g/mol. The molecule has 0 unspecified atom stereocenters. The Morgan fingerprint density at radius 2 is 1.68 bits per heavy atom. The van der Waals surface area contributed by atoms with Crippen LogP contribution in [0.5, 0.6) is 17.2 Å². The summed E-state index contributed by atoms with van der Waals surface area (Å²) >= 11 is 0. The maximum atomic E-state index is 12.2. The first-order valence-corrected chi connectivity index (χ1v) is 11.5. The molecule has 31 heavy (non-hydrogen) atoms. The molecule has 0 fully saturated rings. The van der Waals surface area contributed by atoms with Gasteiger partial charge in [-0.2, -0.15) is 0 Å². The molecule has 2 rings (SSSR count). The van der Waals surface area contributed by atoms with Gasteiger partial charge in [0.1, 0.15) is 5.75 Å². The molecule has 9 heteroatoms. The first kappa shape index (κ1) is 24.5. The summed E-state index contributed by atoms with van der Waals surface area (Å²) in [6.45, 7) is 4.29. The van der Waals surface area contributed by atoms with E-state index in [1.165, 1.54) is 12.1 Å². The highest BCUT2D eigenvalue weighted by atomic mass is 32.2. The van der Waals surface area contributed by atoms with Crippen LogP contribution in [0.25, 0.3) is 0 Å². The fourth-order valence-electron chi connectivity index (χ4n) is 2.85. The Morgan fingerprint density at radius 3 is 2.32 bits per heavy atom. The number of aryl methyl sites for hydroxylation is 1. The minimum Gasteiger partial charge on any atom is -0.493 e. The van der Waals surface area contributed by atoms with Crippen molar-refractivity contribution >= 4 is 15.9 Å². The van der Waals surface area contributed by atoms with Crippen molar-refractivity contribution in [3.63, 3.8) is 0 Å². The molecular weight excluding hydrogens is 420 g/mol. The molecule has 0 spiro atoms. The van der Waals surface area contributed by atoms with E-state index in [-0.39, 0.29) is 17.4 Å². The number of ether oxygens (including phenoxy) is 3. The zero-order valence-corrected chi connectivity index (χ0v) is 19.2. The van der Waals surface area contributed by atoms with E-state index in [0.717, 1.165) is 5.56 Å². The van der Waals surface area contributed by atoms with Crippen LogP contribution < -0.4 is 24.2 Å². The van der Waals surface area contributed by atoms with Crippen LogP contribution in [0.15, 0.2) is 41.3 Å². The SMILES string of the molecule is CCCNS(=O)(=O)c1ccc(OCC(=O)NCCc2ccc(OC)c(OC)c2)c(C)c1. The smallest absolute Gasteiger partial charge is 0.257 e. The third-order valence-electron chi connectivity index (χ3n) is 4.54. The van der Waals surface area contributed by atoms with Crippen LogP contribution >= 0.6 is 0 Å². The normalized spacial score (nSPS) is 11.1. The van der Waals surface area contributed by atoms with Crippen LogP contribution in [0.4, 0.5) is 0 Å². The number of carbonyl (C=O) groups is 1. The van der Waals surface area contributed by atoms with Crippen LogP contribution in [0.3, 0.4) is 0 Å². The summed E-state index contributed by atoms with van der Waals surface area (Å²) in [6.07, 6.45) is 1.34. The van der Waals surface area contributed by atoms with E-state index in [9.17, 15) is 13.2 Å². The van der Waals surface area contributed by atoms with Gasteiger partial charge in [-0.1, -0.05) is 13.0 Å². The summed E-state index contributed by atoms with van der Waals surface area (Å²) in [5.41, 5.74) is 1.64. The molecule has 0 aromatic heterocycles. The number of carbonyl (C=O) groups excluding carboxylic acids is 1. The molecule has 0 aliphatic carbocycles. The number of rotatable bonds is 12. The number of sulfonamides is 1. The summed E-state index contributed by atoms with van der Waals surface area (Å²) < 4.78 is 43.0. The van der Waals surface area contributed by atoms with Crippen LogP contribution in [0, 0.1) is 6.92 Å². The standard InChI is InChI=1S/C22H30N2O6S/c1-5-11-24-31(26,27)18-7-9-19(16(2)13-18)30-15-22(25)23-12-10-17-6-8-20(28-3)21(14-17)29-4/h6-9,13-14,24H,5,10-12,15H2,1-4H3,(H,23,25). The Morgan fingerprint density at radius 1 is 0.968 bits per heavy atom. The number of hydrogen-bond acceptors (Lipinski definition) is 6. The summed E-state index contributed by atoms with van der Waals surface area (Å²) in [7, 11) is -0.388. The molecule has 0 saturated heterocycles. The second-order valence-electron chi connectivity index (χ2n) is 6.90. The number of nitrogens with one attached hydrogen (secondary N) is 2. The van der Waals surface area contributed by atoms with Crippen molar-refractivity contribution in [2.45, 2.75) is 31.6 Å². The molecule has 2 N–H and O–H groups in total. The van der Waals surface area contributed by atoms with E-state index in [1.807, 2.05) is 25.1 Å². The quantitative estimate of drug-likeness (QED) is 0.515. The van der Waals surface area contributed by atoms with E-state index in [0.29, 0.717) is 48.7 Å². The molecule has 8 nitrogen and oxygen atoms in total. The van der Waals surface area contributed by atoms with E-state index in [2.05, 4.69) is 10.0 Å². The van der Waals surface area contributed by atoms with Gasteiger partial charge in [-0.25, -0.2) is 13.1 Å². The third-order valence-corrected chi connectivity index (χ3v) is 6.00. The maximum absolute atomic E-state index is 12.2. The fraction of sp³-hybridized carbons (Fsp3) is 0.409. The lowest BCUT2D eigenvalue weighted by Gasteiger charge is -2.12. The second kappa shape index (κ2) is 11.6. The van der Waals surface area contributed by atoms with Crippen LogP contribution in [-0.2, 0) is 21.2 Å². The van der Waals surface area contributed by atoms with Crippen molar-refractivity contribution in [1.29, 1.82) is 0 Å². The largest absolute Gasteiger partial charge is 0.493 e. The number of hydrogen-bond donors (Lipinski definition) is 2. The molecule has 0 saturated carbocycles. The topological polar surface area (TPSA) is 103 Å². The zero-order valence-electron chi connectivity index (χ0n) is 18.4. The Hall–Kier alpha value is -2.78. The lowest BCUT2D eigenvalue weighted by molar-refractivity contribution is -0.123. The van der Waals surface area contributed by atoms with Crippen molar-refractivity contribution < 1.29 is 27.4 Å². The first-order chi connectivity index (χ1) is 14.8. The van der Waals surface area contributed by atoms with E-state index in [4.69, 9.17) is 14.2 Å². The highest BCUT2D eigenvalue weighted by Crippen LogP contribution is 2.27. The van der Waals surface area contributed by atoms with Gasteiger partial charge in [-0.05, 0) is 61.2 Å². The minimum atomic E-state index is -3.54. The second-order valence-corrected chi connectivity index (χ2v) is 8.67. The number of methoxy groups -OCH3 is 2. The summed E-state index contributed by atoms with van der Waals surface area (Å²) in [5, 5.41) is 2.80. The van der Waals surface area contributed by atoms with Crippen molar-refractivity contribution in [3.05, 3.63) is 47.5 Å². The molecular formula is C22H30N2O6S. The molecule has 0 heterocycles. The minimum absolute atomic E-state index is 0.160. The van der Waals surface area contributed by atoms with Gasteiger partial charge in [-0.15, -0.1) is 0 Å². The van der Waals surface area contributed by atoms with Crippen LogP contribution in [-0.4, -0.2) is 48.2 Å². The van der Waals surface area contributed by atoms with Crippen molar-refractivity contribution in [2.75, 3.05) is 33.9 Å². The van der Waals surface area contributed by atoms with Gasteiger partial charge in [0.2, 0.25) is 10.0 Å². The third kappa shape index (κ3) is 7.15. The van der Waals surface area contributed by atoms with Gasteiger partial charge in [0.05, 0.1) is 19.1 Å². The molecule has 0 aliphatic heterocycles. The maximum Gasteiger partial charge on any atom is 0.257 e. The van der Waals surface area contributed by atoms with Gasteiger partial charge >= 0.3 is 0 Å². The number of amides is 1. The van der Waals surface area contributed by atoms with Crippen molar-refractivity contribution in [1.82, 2.24) is 10.0 Å². The van der Waals surface area contributed by atoms with E-state index < -0.39 is 10.0 Å². The summed E-state index contributed by atoms with van der Waals surface area (Å²) in [4.78, 5) is 12.3.